The molecule has 72 valence electrons. The largest absolute Gasteiger partial charge is 0.333 e. The highest BCUT2D eigenvalue weighted by molar-refractivity contribution is 9.10. The van der Waals surface area contributed by atoms with Gasteiger partial charge in [-0.3, -0.25) is 0 Å². The van der Waals surface area contributed by atoms with Crippen molar-refractivity contribution in [2.24, 2.45) is 0 Å². The van der Waals surface area contributed by atoms with Crippen molar-refractivity contribution in [1.29, 1.82) is 0 Å². The van der Waals surface area contributed by atoms with E-state index in [-0.39, 0.29) is 0 Å². The molecule has 0 aliphatic heterocycles. The van der Waals surface area contributed by atoms with Crippen LogP contribution in [0.15, 0.2) is 17.1 Å². The minimum absolute atomic E-state index is 0.696. The van der Waals surface area contributed by atoms with Gasteiger partial charge in [-0.05, 0) is 28.8 Å². The third-order valence-corrected chi connectivity index (χ3v) is 3.23. The van der Waals surface area contributed by atoms with E-state index in [1.165, 1.54) is 38.5 Å². The standard InChI is InChI=1S/C10H15BrN2/c11-10-7-13(8-12-10)9-5-3-1-2-4-6-9/h7-9H,1-6H2. The van der Waals surface area contributed by atoms with E-state index in [4.69, 9.17) is 0 Å². The first-order chi connectivity index (χ1) is 6.36. The van der Waals surface area contributed by atoms with Gasteiger partial charge in [-0.1, -0.05) is 25.7 Å². The molecule has 13 heavy (non-hydrogen) atoms. The summed E-state index contributed by atoms with van der Waals surface area (Å²) >= 11 is 3.39. The predicted molar refractivity (Wildman–Crippen MR) is 56.7 cm³/mol. The second-order valence-corrected chi connectivity index (χ2v) is 4.60. The lowest BCUT2D eigenvalue weighted by Gasteiger charge is -2.14. The quantitative estimate of drug-likeness (QED) is 0.690. The lowest BCUT2D eigenvalue weighted by molar-refractivity contribution is 0.443. The molecule has 3 heteroatoms. The molecule has 0 unspecified atom stereocenters. The van der Waals surface area contributed by atoms with Crippen molar-refractivity contribution in [2.45, 2.75) is 44.6 Å². The molecule has 0 saturated heterocycles. The van der Waals surface area contributed by atoms with Gasteiger partial charge in [0.25, 0.3) is 0 Å². The van der Waals surface area contributed by atoms with Gasteiger partial charge in [-0.25, -0.2) is 4.98 Å². The van der Waals surface area contributed by atoms with E-state index in [9.17, 15) is 0 Å². The van der Waals surface area contributed by atoms with Gasteiger partial charge in [-0.15, -0.1) is 0 Å². The SMILES string of the molecule is Brc1cn(C2CCCCCC2)cn1. The van der Waals surface area contributed by atoms with Crippen molar-refractivity contribution in [2.75, 3.05) is 0 Å². The van der Waals surface area contributed by atoms with Crippen molar-refractivity contribution >= 4 is 15.9 Å². The van der Waals surface area contributed by atoms with E-state index < -0.39 is 0 Å². The van der Waals surface area contributed by atoms with Gasteiger partial charge in [0.15, 0.2) is 0 Å². The summed E-state index contributed by atoms with van der Waals surface area (Å²) in [6, 6.07) is 0.696. The number of hydrogen-bond acceptors (Lipinski definition) is 1. The van der Waals surface area contributed by atoms with Gasteiger partial charge in [0.1, 0.15) is 4.60 Å². The lowest BCUT2D eigenvalue weighted by Crippen LogP contribution is -2.05. The molecule has 0 N–H and O–H groups in total. The van der Waals surface area contributed by atoms with Crippen LogP contribution in [0.4, 0.5) is 0 Å². The van der Waals surface area contributed by atoms with E-state index in [0.717, 1.165) is 4.60 Å². The highest BCUT2D eigenvalue weighted by Gasteiger charge is 2.13. The van der Waals surface area contributed by atoms with E-state index in [0.29, 0.717) is 6.04 Å². The number of hydrogen-bond donors (Lipinski definition) is 0. The molecule has 1 heterocycles. The summed E-state index contributed by atoms with van der Waals surface area (Å²) in [6.45, 7) is 0. The average molecular weight is 243 g/mol. The van der Waals surface area contributed by atoms with Crippen LogP contribution in [-0.4, -0.2) is 9.55 Å². The molecule has 1 aromatic rings. The van der Waals surface area contributed by atoms with Crippen molar-refractivity contribution in [3.63, 3.8) is 0 Å². The third-order valence-electron chi connectivity index (χ3n) is 2.82. The molecule has 0 amide bonds. The molecule has 0 atom stereocenters. The topological polar surface area (TPSA) is 17.8 Å². The summed E-state index contributed by atoms with van der Waals surface area (Å²) in [5, 5.41) is 0. The fraction of sp³-hybridized carbons (Fsp3) is 0.700. The van der Waals surface area contributed by atoms with E-state index >= 15 is 0 Å². The van der Waals surface area contributed by atoms with Gasteiger partial charge >= 0.3 is 0 Å². The van der Waals surface area contributed by atoms with Crippen LogP contribution in [0.25, 0.3) is 0 Å². The molecule has 1 aliphatic rings. The first-order valence-corrected chi connectivity index (χ1v) is 5.84. The van der Waals surface area contributed by atoms with Crippen molar-refractivity contribution in [1.82, 2.24) is 9.55 Å². The Morgan fingerprint density at radius 2 is 1.92 bits per heavy atom. The van der Waals surface area contributed by atoms with Gasteiger partial charge in [-0.2, -0.15) is 0 Å². The third kappa shape index (κ3) is 2.33. The Kier molecular flexibility index (Phi) is 3.04. The Morgan fingerprint density at radius 1 is 1.23 bits per heavy atom. The summed E-state index contributed by atoms with van der Waals surface area (Å²) < 4.78 is 3.21. The average Bonchev–Trinajstić information content (AvgIpc) is 2.43. The number of halogens is 1. The monoisotopic (exact) mass is 242 g/mol. The zero-order chi connectivity index (χ0) is 9.10. The summed E-state index contributed by atoms with van der Waals surface area (Å²) in [4.78, 5) is 4.20. The second-order valence-electron chi connectivity index (χ2n) is 3.79. The predicted octanol–water partition coefficient (Wildman–Crippen LogP) is 3.54. The molecule has 0 spiro atoms. The fourth-order valence-electron chi connectivity index (χ4n) is 2.07. The van der Waals surface area contributed by atoms with Crippen LogP contribution in [0.3, 0.4) is 0 Å². The summed E-state index contributed by atoms with van der Waals surface area (Å²) in [6.07, 6.45) is 12.3. The molecule has 2 nitrogen and oxygen atoms in total. The van der Waals surface area contributed by atoms with Crippen LogP contribution in [0.5, 0.6) is 0 Å². The maximum Gasteiger partial charge on any atom is 0.124 e. The van der Waals surface area contributed by atoms with Crippen LogP contribution >= 0.6 is 15.9 Å². The van der Waals surface area contributed by atoms with Gasteiger partial charge < -0.3 is 4.57 Å². The Balaban J connectivity index is 2.06. The molecular weight excluding hydrogens is 228 g/mol. The maximum atomic E-state index is 4.20. The Hall–Kier alpha value is -0.310. The first-order valence-electron chi connectivity index (χ1n) is 5.05. The summed E-state index contributed by atoms with van der Waals surface area (Å²) in [5.74, 6) is 0. The summed E-state index contributed by atoms with van der Waals surface area (Å²) in [5.41, 5.74) is 0. The van der Waals surface area contributed by atoms with Gasteiger partial charge in [0.05, 0.1) is 6.33 Å². The highest BCUT2D eigenvalue weighted by Crippen LogP contribution is 2.27. The van der Waals surface area contributed by atoms with Crippen molar-refractivity contribution in [3.8, 4) is 0 Å². The molecule has 2 rings (SSSR count). The number of nitrogens with zero attached hydrogens (tertiary/aromatic N) is 2. The normalized spacial score (nSPS) is 20.1. The Labute approximate surface area is 87.5 Å². The molecule has 1 aromatic heterocycles. The summed E-state index contributed by atoms with van der Waals surface area (Å²) in [7, 11) is 0. The van der Waals surface area contributed by atoms with Crippen molar-refractivity contribution < 1.29 is 0 Å². The maximum absolute atomic E-state index is 4.20. The fourth-order valence-corrected chi connectivity index (χ4v) is 2.40. The zero-order valence-electron chi connectivity index (χ0n) is 7.75. The molecule has 0 radical (unpaired) electrons. The molecular formula is C10H15BrN2. The van der Waals surface area contributed by atoms with E-state index in [1.54, 1.807) is 0 Å². The smallest absolute Gasteiger partial charge is 0.124 e. The zero-order valence-corrected chi connectivity index (χ0v) is 9.33. The molecule has 1 saturated carbocycles. The lowest BCUT2D eigenvalue weighted by atomic mass is 10.1. The molecule has 0 aromatic carbocycles. The van der Waals surface area contributed by atoms with E-state index in [1.807, 2.05) is 6.33 Å². The number of aromatic nitrogens is 2. The van der Waals surface area contributed by atoms with E-state index in [2.05, 4.69) is 31.7 Å². The van der Waals surface area contributed by atoms with Crippen LogP contribution < -0.4 is 0 Å². The minimum atomic E-state index is 0.696. The number of imidazole rings is 1. The Morgan fingerprint density at radius 3 is 2.46 bits per heavy atom. The van der Waals surface area contributed by atoms with Gasteiger partial charge in [0.2, 0.25) is 0 Å². The van der Waals surface area contributed by atoms with Crippen LogP contribution in [-0.2, 0) is 0 Å². The molecule has 1 aliphatic carbocycles. The molecule has 1 fully saturated rings. The van der Waals surface area contributed by atoms with Crippen LogP contribution in [0.1, 0.15) is 44.6 Å². The minimum Gasteiger partial charge on any atom is -0.333 e. The number of rotatable bonds is 1. The van der Waals surface area contributed by atoms with Crippen molar-refractivity contribution in [3.05, 3.63) is 17.1 Å². The molecule has 0 bridgehead atoms. The van der Waals surface area contributed by atoms with Crippen LogP contribution in [0.2, 0.25) is 0 Å². The Bertz CT molecular complexity index is 262. The second kappa shape index (κ2) is 4.27. The van der Waals surface area contributed by atoms with Gasteiger partial charge in [0, 0.05) is 12.2 Å². The van der Waals surface area contributed by atoms with Crippen LogP contribution in [0, 0.1) is 0 Å². The first kappa shape index (κ1) is 9.25. The highest BCUT2D eigenvalue weighted by atomic mass is 79.9.